The lowest BCUT2D eigenvalue weighted by atomic mass is 9.93. The van der Waals surface area contributed by atoms with Crippen LogP contribution in [0, 0.1) is 11.6 Å². The molecule has 0 spiro atoms. The van der Waals surface area contributed by atoms with Gasteiger partial charge in [-0.05, 0) is 31.5 Å². The summed E-state index contributed by atoms with van der Waals surface area (Å²) < 4.78 is 35.3. The standard InChI is InChI=1S/C19H23F2N5O2.2ClH/c1-2-26-16-8-25(7-15(16)24-19(26)18(23)27)11-6-14(22)17(28-9-11)12-5-10(20)3-4-13(12)21;;/h3-5,11,14,17H,2,6-9,22H2,1H3,(H2,23,27);2*1H/t11-,14+,17-;;/m1../s1. The molecular formula is C19H25Cl2F2N5O2. The van der Waals surface area contributed by atoms with E-state index in [1.54, 1.807) is 0 Å². The first-order valence-electron chi connectivity index (χ1n) is 9.33. The maximum Gasteiger partial charge on any atom is 0.284 e. The Morgan fingerprint density at radius 2 is 2.03 bits per heavy atom. The number of fused-ring (bicyclic) bond motifs is 1. The summed E-state index contributed by atoms with van der Waals surface area (Å²) in [7, 11) is 0. The first kappa shape index (κ1) is 24.5. The van der Waals surface area contributed by atoms with Gasteiger partial charge in [-0.25, -0.2) is 13.8 Å². The lowest BCUT2D eigenvalue weighted by Crippen LogP contribution is -2.48. The highest BCUT2D eigenvalue weighted by Gasteiger charge is 2.38. The van der Waals surface area contributed by atoms with E-state index in [0.29, 0.717) is 32.7 Å². The topological polar surface area (TPSA) is 99.4 Å². The van der Waals surface area contributed by atoms with E-state index in [9.17, 15) is 13.6 Å². The number of carbonyl (C=O) groups is 1. The zero-order valence-electron chi connectivity index (χ0n) is 16.4. The molecule has 0 bridgehead atoms. The number of rotatable bonds is 4. The van der Waals surface area contributed by atoms with Crippen molar-refractivity contribution in [2.45, 2.75) is 51.2 Å². The second-order valence-electron chi connectivity index (χ2n) is 7.32. The number of primary amides is 1. The van der Waals surface area contributed by atoms with E-state index < -0.39 is 29.7 Å². The fourth-order valence-corrected chi connectivity index (χ4v) is 4.22. The van der Waals surface area contributed by atoms with Crippen molar-refractivity contribution in [3.05, 3.63) is 52.6 Å². The molecule has 2 aromatic rings. The van der Waals surface area contributed by atoms with Gasteiger partial charge in [0, 0.05) is 37.3 Å². The van der Waals surface area contributed by atoms with Gasteiger partial charge >= 0.3 is 0 Å². The van der Waals surface area contributed by atoms with Crippen molar-refractivity contribution in [3.63, 3.8) is 0 Å². The second-order valence-corrected chi connectivity index (χ2v) is 7.32. The number of benzene rings is 1. The number of ether oxygens (including phenoxy) is 1. The smallest absolute Gasteiger partial charge is 0.284 e. The molecule has 0 aliphatic carbocycles. The Balaban J connectivity index is 0.00000160. The van der Waals surface area contributed by atoms with Crippen molar-refractivity contribution in [2.24, 2.45) is 11.5 Å². The minimum absolute atomic E-state index is 0. The monoisotopic (exact) mass is 463 g/mol. The SMILES string of the molecule is CCn1c(C(N)=O)nc2c1CN([C@H]1CO[C@H](c3cc(F)ccc3F)[C@@H](N)C1)C2.Cl.Cl. The molecule has 1 aromatic carbocycles. The second kappa shape index (κ2) is 9.57. The Labute approximate surface area is 185 Å². The summed E-state index contributed by atoms with van der Waals surface area (Å²) in [5.74, 6) is -1.29. The van der Waals surface area contributed by atoms with Crippen LogP contribution >= 0.6 is 24.8 Å². The van der Waals surface area contributed by atoms with Crippen LogP contribution in [0.3, 0.4) is 0 Å². The summed E-state index contributed by atoms with van der Waals surface area (Å²) in [5.41, 5.74) is 13.6. The number of aromatic nitrogens is 2. The highest BCUT2D eigenvalue weighted by Crippen LogP contribution is 2.34. The van der Waals surface area contributed by atoms with Crippen LogP contribution in [0.1, 0.15) is 47.0 Å². The molecule has 1 aromatic heterocycles. The third-order valence-electron chi connectivity index (χ3n) is 5.58. The number of nitrogens with two attached hydrogens (primary N) is 2. The van der Waals surface area contributed by atoms with Crippen molar-refractivity contribution >= 4 is 30.7 Å². The largest absolute Gasteiger partial charge is 0.370 e. The Kier molecular flexibility index (Phi) is 7.81. The molecule has 2 aliphatic heterocycles. The zero-order valence-corrected chi connectivity index (χ0v) is 18.0. The van der Waals surface area contributed by atoms with Gasteiger partial charge in [0.25, 0.3) is 5.91 Å². The number of halogens is 4. The van der Waals surface area contributed by atoms with Crippen LogP contribution in [0.15, 0.2) is 18.2 Å². The van der Waals surface area contributed by atoms with Gasteiger partial charge in [-0.3, -0.25) is 9.69 Å². The Morgan fingerprint density at radius 1 is 1.30 bits per heavy atom. The van der Waals surface area contributed by atoms with Crippen molar-refractivity contribution < 1.29 is 18.3 Å². The molecule has 4 rings (SSSR count). The van der Waals surface area contributed by atoms with Gasteiger partial charge < -0.3 is 20.8 Å². The summed E-state index contributed by atoms with van der Waals surface area (Å²) in [6.07, 6.45) is -0.0966. The van der Waals surface area contributed by atoms with Crippen LogP contribution < -0.4 is 11.5 Å². The predicted molar refractivity (Wildman–Crippen MR) is 112 cm³/mol. The third-order valence-corrected chi connectivity index (χ3v) is 5.58. The number of hydrogen-bond donors (Lipinski definition) is 2. The van der Waals surface area contributed by atoms with Gasteiger partial charge in [-0.15, -0.1) is 24.8 Å². The van der Waals surface area contributed by atoms with Gasteiger partial charge in [0.05, 0.1) is 18.0 Å². The molecule has 1 amide bonds. The lowest BCUT2D eigenvalue weighted by Gasteiger charge is -2.38. The van der Waals surface area contributed by atoms with Crippen LogP contribution in [-0.2, 0) is 24.4 Å². The number of imidazole rings is 1. The molecule has 3 atom stereocenters. The van der Waals surface area contributed by atoms with Gasteiger partial charge in [0.15, 0.2) is 5.82 Å². The van der Waals surface area contributed by atoms with Gasteiger partial charge in [-0.2, -0.15) is 0 Å². The van der Waals surface area contributed by atoms with Crippen molar-refractivity contribution in [1.82, 2.24) is 14.5 Å². The van der Waals surface area contributed by atoms with Gasteiger partial charge in [-0.1, -0.05) is 0 Å². The minimum atomic E-state index is -0.680. The average molecular weight is 464 g/mol. The minimum Gasteiger partial charge on any atom is -0.370 e. The lowest BCUT2D eigenvalue weighted by molar-refractivity contribution is -0.0535. The highest BCUT2D eigenvalue weighted by molar-refractivity contribution is 5.89. The van der Waals surface area contributed by atoms with Crippen LogP contribution in [0.2, 0.25) is 0 Å². The molecule has 0 unspecified atom stereocenters. The molecule has 166 valence electrons. The summed E-state index contributed by atoms with van der Waals surface area (Å²) in [6, 6.07) is 2.88. The highest BCUT2D eigenvalue weighted by atomic mass is 35.5. The van der Waals surface area contributed by atoms with E-state index in [0.717, 1.165) is 29.6 Å². The molecule has 1 fully saturated rings. The maximum absolute atomic E-state index is 14.1. The molecule has 3 heterocycles. The van der Waals surface area contributed by atoms with Crippen LogP contribution in [0.4, 0.5) is 8.78 Å². The Hall–Kier alpha value is -1.78. The average Bonchev–Trinajstić information content (AvgIpc) is 3.21. The van der Waals surface area contributed by atoms with Crippen LogP contribution in [0.25, 0.3) is 0 Å². The summed E-state index contributed by atoms with van der Waals surface area (Å²) >= 11 is 0. The predicted octanol–water partition coefficient (Wildman–Crippen LogP) is 2.30. The molecule has 30 heavy (non-hydrogen) atoms. The number of nitrogens with zero attached hydrogens (tertiary/aromatic N) is 3. The van der Waals surface area contributed by atoms with Crippen molar-refractivity contribution in [3.8, 4) is 0 Å². The first-order chi connectivity index (χ1) is 13.4. The van der Waals surface area contributed by atoms with Crippen molar-refractivity contribution in [2.75, 3.05) is 6.61 Å². The fraction of sp³-hybridized carbons (Fsp3) is 0.474. The fourth-order valence-electron chi connectivity index (χ4n) is 4.22. The van der Waals surface area contributed by atoms with E-state index >= 15 is 0 Å². The third kappa shape index (κ3) is 4.31. The van der Waals surface area contributed by atoms with E-state index in [1.807, 2.05) is 11.5 Å². The summed E-state index contributed by atoms with van der Waals surface area (Å²) in [6.45, 7) is 4.09. The number of amides is 1. The number of carbonyl (C=O) groups excluding carboxylic acids is 1. The molecule has 0 saturated carbocycles. The van der Waals surface area contributed by atoms with E-state index in [1.165, 1.54) is 0 Å². The molecule has 7 nitrogen and oxygen atoms in total. The molecule has 11 heteroatoms. The quantitative estimate of drug-likeness (QED) is 0.724. The Bertz CT molecular complexity index is 927. The summed E-state index contributed by atoms with van der Waals surface area (Å²) in [4.78, 5) is 18.1. The summed E-state index contributed by atoms with van der Waals surface area (Å²) in [5, 5.41) is 0. The maximum atomic E-state index is 14.1. The first-order valence-corrected chi connectivity index (χ1v) is 9.33. The normalized spacial score (nSPS) is 23.4. The molecule has 2 aliphatic rings. The van der Waals surface area contributed by atoms with Gasteiger partial charge in [0.1, 0.15) is 17.7 Å². The number of hydrogen-bond acceptors (Lipinski definition) is 5. The zero-order chi connectivity index (χ0) is 20.0. The van der Waals surface area contributed by atoms with Crippen molar-refractivity contribution in [1.29, 1.82) is 0 Å². The van der Waals surface area contributed by atoms with Crippen LogP contribution in [0.5, 0.6) is 0 Å². The van der Waals surface area contributed by atoms with E-state index in [2.05, 4.69) is 9.88 Å². The molecule has 4 N–H and O–H groups in total. The van der Waals surface area contributed by atoms with Gasteiger partial charge in [0.2, 0.25) is 0 Å². The molecular weight excluding hydrogens is 439 g/mol. The molecule has 1 saturated heterocycles. The van der Waals surface area contributed by atoms with Crippen LogP contribution in [-0.4, -0.2) is 39.0 Å². The molecule has 0 radical (unpaired) electrons. The van der Waals surface area contributed by atoms with E-state index in [4.69, 9.17) is 16.2 Å². The van der Waals surface area contributed by atoms with E-state index in [-0.39, 0.29) is 42.2 Å². The Morgan fingerprint density at radius 3 is 2.67 bits per heavy atom.